The Morgan fingerprint density at radius 1 is 1.40 bits per heavy atom. The third kappa shape index (κ3) is 1.67. The number of halogens is 1. The van der Waals surface area contributed by atoms with Crippen molar-refractivity contribution < 1.29 is 9.50 Å². The molecule has 1 aliphatic rings. The molecule has 82 valence electrons. The highest BCUT2D eigenvalue weighted by atomic mass is 19.1. The van der Waals surface area contributed by atoms with Crippen LogP contribution in [0.1, 0.15) is 31.7 Å². The molecule has 0 aromatic heterocycles. The van der Waals surface area contributed by atoms with Crippen molar-refractivity contribution in [3.63, 3.8) is 0 Å². The molecule has 4 unspecified atom stereocenters. The lowest BCUT2D eigenvalue weighted by molar-refractivity contribution is -0.0583. The highest BCUT2D eigenvalue weighted by molar-refractivity contribution is 5.26. The molecule has 0 bridgehead atoms. The van der Waals surface area contributed by atoms with Gasteiger partial charge in [0.2, 0.25) is 0 Å². The predicted molar refractivity (Wildman–Crippen MR) is 58.1 cm³/mol. The van der Waals surface area contributed by atoms with Gasteiger partial charge in [0.05, 0.1) is 6.10 Å². The fraction of sp³-hybridized carbons (Fsp3) is 0.538. The van der Waals surface area contributed by atoms with Crippen molar-refractivity contribution in [2.24, 2.45) is 11.8 Å². The van der Waals surface area contributed by atoms with Gasteiger partial charge in [-0.25, -0.2) is 4.39 Å². The summed E-state index contributed by atoms with van der Waals surface area (Å²) in [6, 6.07) is 6.76. The Morgan fingerprint density at radius 2 is 2.13 bits per heavy atom. The summed E-state index contributed by atoms with van der Waals surface area (Å²) in [5.41, 5.74) is 1.03. The van der Waals surface area contributed by atoms with E-state index in [9.17, 15) is 9.50 Å². The van der Waals surface area contributed by atoms with Gasteiger partial charge in [0, 0.05) is 0 Å². The van der Waals surface area contributed by atoms with Gasteiger partial charge < -0.3 is 5.11 Å². The van der Waals surface area contributed by atoms with Gasteiger partial charge in [-0.2, -0.15) is 0 Å². The summed E-state index contributed by atoms with van der Waals surface area (Å²) in [6.07, 6.45) is 0.732. The molecule has 0 aliphatic heterocycles. The van der Waals surface area contributed by atoms with Crippen molar-refractivity contribution in [1.29, 1.82) is 0 Å². The Morgan fingerprint density at radius 3 is 2.73 bits per heavy atom. The van der Waals surface area contributed by atoms with E-state index in [0.717, 1.165) is 12.0 Å². The molecule has 0 amide bonds. The van der Waals surface area contributed by atoms with Crippen LogP contribution in [0.3, 0.4) is 0 Å². The molecule has 1 N–H and O–H groups in total. The van der Waals surface area contributed by atoms with Gasteiger partial charge in [-0.05, 0) is 35.4 Å². The lowest BCUT2D eigenvalue weighted by atomic mass is 9.59. The van der Waals surface area contributed by atoms with Crippen molar-refractivity contribution in [2.75, 3.05) is 0 Å². The molecule has 0 saturated heterocycles. The maximum absolute atomic E-state index is 13.1. The van der Waals surface area contributed by atoms with Crippen LogP contribution in [0.4, 0.5) is 4.39 Å². The summed E-state index contributed by atoms with van der Waals surface area (Å²) in [5.74, 6) is 0.676. The number of benzene rings is 1. The van der Waals surface area contributed by atoms with E-state index in [1.807, 2.05) is 13.0 Å². The van der Waals surface area contributed by atoms with Gasteiger partial charge in [0.25, 0.3) is 0 Å². The molecule has 1 aromatic carbocycles. The Kier molecular flexibility index (Phi) is 2.79. The topological polar surface area (TPSA) is 20.2 Å². The quantitative estimate of drug-likeness (QED) is 0.792. The van der Waals surface area contributed by atoms with Crippen LogP contribution in [0.5, 0.6) is 0 Å². The SMILES string of the molecule is CCC1C(O)C(C)C1c1cccc(F)c1. The van der Waals surface area contributed by atoms with Crippen LogP contribution in [0.25, 0.3) is 0 Å². The van der Waals surface area contributed by atoms with Crippen LogP contribution in [-0.2, 0) is 0 Å². The first-order chi connectivity index (χ1) is 7.15. The van der Waals surface area contributed by atoms with E-state index in [1.54, 1.807) is 12.1 Å². The van der Waals surface area contributed by atoms with Gasteiger partial charge in [-0.15, -0.1) is 0 Å². The number of aliphatic hydroxyl groups excluding tert-OH is 1. The molecule has 0 heterocycles. The predicted octanol–water partition coefficient (Wildman–Crippen LogP) is 2.95. The molecule has 1 saturated carbocycles. The minimum Gasteiger partial charge on any atom is -0.393 e. The first kappa shape index (κ1) is 10.6. The Labute approximate surface area is 89.9 Å². The van der Waals surface area contributed by atoms with E-state index >= 15 is 0 Å². The second-order valence-electron chi connectivity index (χ2n) is 4.50. The molecular formula is C13H17FO. The first-order valence-electron chi connectivity index (χ1n) is 5.58. The second-order valence-corrected chi connectivity index (χ2v) is 4.50. The minimum absolute atomic E-state index is 0.184. The maximum atomic E-state index is 13.1. The van der Waals surface area contributed by atoms with Gasteiger partial charge in [0.15, 0.2) is 0 Å². The van der Waals surface area contributed by atoms with Crippen LogP contribution in [0.15, 0.2) is 24.3 Å². The zero-order valence-corrected chi connectivity index (χ0v) is 9.15. The summed E-state index contributed by atoms with van der Waals surface area (Å²) >= 11 is 0. The van der Waals surface area contributed by atoms with E-state index in [-0.39, 0.29) is 17.8 Å². The summed E-state index contributed by atoms with van der Waals surface area (Å²) in [4.78, 5) is 0. The van der Waals surface area contributed by atoms with Crippen molar-refractivity contribution in [3.8, 4) is 0 Å². The van der Waals surface area contributed by atoms with Crippen LogP contribution in [0, 0.1) is 17.7 Å². The summed E-state index contributed by atoms with van der Waals surface area (Å²) in [5, 5.41) is 9.78. The molecule has 1 aliphatic carbocycles. The average molecular weight is 208 g/mol. The lowest BCUT2D eigenvalue weighted by Gasteiger charge is -2.48. The van der Waals surface area contributed by atoms with Gasteiger partial charge in [0.1, 0.15) is 5.82 Å². The Bertz CT molecular complexity index is 350. The zero-order valence-electron chi connectivity index (χ0n) is 9.15. The molecular weight excluding hydrogens is 191 g/mol. The second kappa shape index (κ2) is 3.93. The third-order valence-corrected chi connectivity index (χ3v) is 3.71. The fourth-order valence-electron chi connectivity index (χ4n) is 2.82. The van der Waals surface area contributed by atoms with Crippen LogP contribution < -0.4 is 0 Å². The molecule has 1 aromatic rings. The zero-order chi connectivity index (χ0) is 11.0. The van der Waals surface area contributed by atoms with Gasteiger partial charge >= 0.3 is 0 Å². The van der Waals surface area contributed by atoms with Crippen molar-refractivity contribution >= 4 is 0 Å². The van der Waals surface area contributed by atoms with Gasteiger partial charge in [-0.1, -0.05) is 32.4 Å². The molecule has 1 fully saturated rings. The van der Waals surface area contributed by atoms with Crippen LogP contribution >= 0.6 is 0 Å². The standard InChI is InChI=1S/C13H17FO/c1-3-11-12(8(2)13(11)15)9-5-4-6-10(14)7-9/h4-8,11-13,15H,3H2,1-2H3. The molecule has 4 atom stereocenters. The van der Waals surface area contributed by atoms with Crippen molar-refractivity contribution in [3.05, 3.63) is 35.6 Å². The van der Waals surface area contributed by atoms with E-state index in [2.05, 4.69) is 6.92 Å². The van der Waals surface area contributed by atoms with E-state index < -0.39 is 0 Å². The maximum Gasteiger partial charge on any atom is 0.123 e. The molecule has 0 radical (unpaired) electrons. The lowest BCUT2D eigenvalue weighted by Crippen LogP contribution is -2.47. The average Bonchev–Trinajstić information content (AvgIpc) is 2.24. The number of aliphatic hydroxyl groups is 1. The Balaban J connectivity index is 2.24. The fourth-order valence-corrected chi connectivity index (χ4v) is 2.82. The highest BCUT2D eigenvalue weighted by Crippen LogP contribution is 2.49. The molecule has 15 heavy (non-hydrogen) atoms. The number of hydrogen-bond acceptors (Lipinski definition) is 1. The third-order valence-electron chi connectivity index (χ3n) is 3.71. The molecule has 2 heteroatoms. The van der Waals surface area contributed by atoms with Gasteiger partial charge in [-0.3, -0.25) is 0 Å². The van der Waals surface area contributed by atoms with Crippen molar-refractivity contribution in [2.45, 2.75) is 32.3 Å². The largest absolute Gasteiger partial charge is 0.393 e. The highest BCUT2D eigenvalue weighted by Gasteiger charge is 2.46. The first-order valence-corrected chi connectivity index (χ1v) is 5.58. The number of hydrogen-bond donors (Lipinski definition) is 1. The number of rotatable bonds is 2. The summed E-state index contributed by atoms with van der Waals surface area (Å²) in [6.45, 7) is 4.11. The normalized spacial score (nSPS) is 34.9. The minimum atomic E-state index is -0.219. The molecule has 0 spiro atoms. The van der Waals surface area contributed by atoms with E-state index in [0.29, 0.717) is 11.8 Å². The Hall–Kier alpha value is -0.890. The monoisotopic (exact) mass is 208 g/mol. The smallest absolute Gasteiger partial charge is 0.123 e. The summed E-state index contributed by atoms with van der Waals surface area (Å²) < 4.78 is 13.1. The van der Waals surface area contributed by atoms with E-state index in [1.165, 1.54) is 6.07 Å². The van der Waals surface area contributed by atoms with Crippen molar-refractivity contribution in [1.82, 2.24) is 0 Å². The van der Waals surface area contributed by atoms with Crippen LogP contribution in [0.2, 0.25) is 0 Å². The molecule has 2 rings (SSSR count). The van der Waals surface area contributed by atoms with E-state index in [4.69, 9.17) is 0 Å². The summed E-state index contributed by atoms with van der Waals surface area (Å²) in [7, 11) is 0. The van der Waals surface area contributed by atoms with Crippen LogP contribution in [-0.4, -0.2) is 11.2 Å². The molecule has 1 nitrogen and oxygen atoms in total.